The second-order valence-electron chi connectivity index (χ2n) is 8.75. The van der Waals surface area contributed by atoms with E-state index in [-0.39, 0.29) is 28.9 Å². The molecular formula is C21H26ClFN6. The van der Waals surface area contributed by atoms with Crippen LogP contribution in [0.3, 0.4) is 0 Å². The van der Waals surface area contributed by atoms with Crippen molar-refractivity contribution < 1.29 is 4.39 Å². The quantitative estimate of drug-likeness (QED) is 0.734. The summed E-state index contributed by atoms with van der Waals surface area (Å²) in [7, 11) is 2.13. The first-order chi connectivity index (χ1) is 13.5. The van der Waals surface area contributed by atoms with Gasteiger partial charge in [0.15, 0.2) is 11.6 Å². The molecule has 2 heterocycles. The fourth-order valence-electron chi connectivity index (χ4n) is 4.01. The molecule has 0 saturated carbocycles. The minimum Gasteiger partial charge on any atom is -0.365 e. The van der Waals surface area contributed by atoms with Gasteiger partial charge in [-0.3, -0.25) is 4.90 Å². The van der Waals surface area contributed by atoms with E-state index in [0.717, 1.165) is 19.0 Å². The number of nitrogens with one attached hydrogen (secondary N) is 2. The second-order valence-corrected chi connectivity index (χ2v) is 9.16. The molecule has 1 aliphatic heterocycles. The Kier molecular flexibility index (Phi) is 5.70. The van der Waals surface area contributed by atoms with Crippen LogP contribution in [0.2, 0.25) is 5.02 Å². The maximum atomic E-state index is 14.4. The molecule has 3 rings (SSSR count). The molecule has 1 aromatic heterocycles. The number of rotatable bonds is 4. The lowest BCUT2D eigenvalue weighted by Crippen LogP contribution is -2.61. The van der Waals surface area contributed by atoms with Gasteiger partial charge in [0.05, 0.1) is 16.8 Å². The van der Waals surface area contributed by atoms with Crippen LogP contribution in [0.25, 0.3) is 0 Å². The molecule has 0 amide bonds. The largest absolute Gasteiger partial charge is 0.365 e. The summed E-state index contributed by atoms with van der Waals surface area (Å²) in [6.45, 7) is 8.78. The molecule has 29 heavy (non-hydrogen) atoms. The van der Waals surface area contributed by atoms with Gasteiger partial charge in [-0.25, -0.2) is 9.37 Å². The van der Waals surface area contributed by atoms with E-state index in [1.54, 1.807) is 18.2 Å². The Morgan fingerprint density at radius 2 is 1.90 bits per heavy atom. The van der Waals surface area contributed by atoms with Crippen LogP contribution in [0.1, 0.15) is 46.1 Å². The van der Waals surface area contributed by atoms with Crippen molar-refractivity contribution in [1.29, 1.82) is 5.26 Å². The Hall–Kier alpha value is -2.43. The molecule has 0 bridgehead atoms. The molecule has 0 spiro atoms. The molecule has 2 aromatic rings. The molecule has 1 aliphatic rings. The van der Waals surface area contributed by atoms with Crippen molar-refractivity contribution in [2.75, 3.05) is 17.7 Å². The van der Waals surface area contributed by atoms with E-state index in [4.69, 9.17) is 16.9 Å². The van der Waals surface area contributed by atoms with Crippen molar-refractivity contribution in [1.82, 2.24) is 14.9 Å². The lowest BCUT2D eigenvalue weighted by atomic mass is 9.77. The third kappa shape index (κ3) is 4.60. The van der Waals surface area contributed by atoms with Gasteiger partial charge < -0.3 is 10.6 Å². The first kappa shape index (κ1) is 21.3. The summed E-state index contributed by atoms with van der Waals surface area (Å²) in [5.74, 6) is -0.0764. The van der Waals surface area contributed by atoms with Gasteiger partial charge in [-0.15, -0.1) is 0 Å². The Bertz CT molecular complexity index is 935. The van der Waals surface area contributed by atoms with Gasteiger partial charge in [-0.05, 0) is 65.8 Å². The molecule has 1 aromatic carbocycles. The monoisotopic (exact) mass is 416 g/mol. The van der Waals surface area contributed by atoms with Crippen LogP contribution >= 0.6 is 11.6 Å². The zero-order chi connectivity index (χ0) is 21.4. The van der Waals surface area contributed by atoms with Gasteiger partial charge >= 0.3 is 0 Å². The van der Waals surface area contributed by atoms with Crippen molar-refractivity contribution in [3.05, 3.63) is 40.8 Å². The van der Waals surface area contributed by atoms with E-state index in [0.29, 0.717) is 16.3 Å². The topological polar surface area (TPSA) is 76.9 Å². The van der Waals surface area contributed by atoms with E-state index >= 15 is 0 Å². The van der Waals surface area contributed by atoms with Crippen LogP contribution in [0.4, 0.5) is 21.8 Å². The van der Waals surface area contributed by atoms with E-state index < -0.39 is 5.82 Å². The number of hydrogen-bond donors (Lipinski definition) is 2. The van der Waals surface area contributed by atoms with Crippen molar-refractivity contribution in [2.45, 2.75) is 57.7 Å². The smallest absolute Gasteiger partial charge is 0.229 e. The molecule has 0 atom stereocenters. The third-order valence-corrected chi connectivity index (χ3v) is 6.05. The lowest BCUT2D eigenvalue weighted by molar-refractivity contribution is -0.00778. The molecule has 8 heteroatoms. The van der Waals surface area contributed by atoms with Crippen molar-refractivity contribution in [3.8, 4) is 6.07 Å². The second kappa shape index (κ2) is 7.77. The van der Waals surface area contributed by atoms with E-state index in [2.05, 4.69) is 60.2 Å². The zero-order valence-electron chi connectivity index (χ0n) is 17.3. The molecule has 1 saturated heterocycles. The number of nitriles is 1. The van der Waals surface area contributed by atoms with Crippen LogP contribution in [0.5, 0.6) is 0 Å². The zero-order valence-corrected chi connectivity index (χ0v) is 18.1. The number of anilines is 3. The number of likely N-dealkylation sites (tertiary alicyclic amines) is 1. The summed E-state index contributed by atoms with van der Waals surface area (Å²) in [6.07, 6.45) is 2.88. The normalized spacial score (nSPS) is 18.8. The maximum Gasteiger partial charge on any atom is 0.229 e. The van der Waals surface area contributed by atoms with Crippen LogP contribution in [-0.2, 0) is 0 Å². The van der Waals surface area contributed by atoms with E-state index in [1.807, 2.05) is 6.07 Å². The van der Waals surface area contributed by atoms with Crippen LogP contribution in [0.15, 0.2) is 24.4 Å². The Labute approximate surface area is 176 Å². The Balaban J connectivity index is 1.79. The number of hydrogen-bond acceptors (Lipinski definition) is 6. The fraction of sp³-hybridized carbons (Fsp3) is 0.476. The first-order valence-corrected chi connectivity index (χ1v) is 9.89. The Morgan fingerprint density at radius 3 is 2.48 bits per heavy atom. The molecular weight excluding hydrogens is 391 g/mol. The lowest BCUT2D eigenvalue weighted by Gasteiger charge is -2.53. The molecule has 1 fully saturated rings. The minimum atomic E-state index is -0.497. The van der Waals surface area contributed by atoms with E-state index in [1.165, 1.54) is 0 Å². The predicted octanol–water partition coefficient (Wildman–Crippen LogP) is 4.95. The summed E-state index contributed by atoms with van der Waals surface area (Å²) in [6, 6.07) is 7.01. The van der Waals surface area contributed by atoms with Gasteiger partial charge in [-0.2, -0.15) is 10.2 Å². The SMILES string of the molecule is CN1C(C)(C)CC(Nc2nc(Nc3ccc(C#N)c(Cl)c3)ncc2F)CC1(C)C. The molecule has 2 N–H and O–H groups in total. The first-order valence-electron chi connectivity index (χ1n) is 9.51. The minimum absolute atomic E-state index is 0.0246. The summed E-state index contributed by atoms with van der Waals surface area (Å²) in [5.41, 5.74) is 0.951. The van der Waals surface area contributed by atoms with Gasteiger partial charge in [-0.1, -0.05) is 11.6 Å². The van der Waals surface area contributed by atoms with Gasteiger partial charge in [0, 0.05) is 22.8 Å². The van der Waals surface area contributed by atoms with E-state index in [9.17, 15) is 4.39 Å². The highest BCUT2D eigenvalue weighted by Gasteiger charge is 2.43. The highest BCUT2D eigenvalue weighted by molar-refractivity contribution is 6.32. The van der Waals surface area contributed by atoms with Crippen molar-refractivity contribution in [3.63, 3.8) is 0 Å². The van der Waals surface area contributed by atoms with Gasteiger partial charge in [0.1, 0.15) is 6.07 Å². The number of aromatic nitrogens is 2. The van der Waals surface area contributed by atoms with Crippen molar-refractivity contribution >= 4 is 29.1 Å². The van der Waals surface area contributed by atoms with Gasteiger partial charge in [0.25, 0.3) is 0 Å². The van der Waals surface area contributed by atoms with Crippen LogP contribution in [0, 0.1) is 17.1 Å². The maximum absolute atomic E-state index is 14.4. The number of benzene rings is 1. The third-order valence-electron chi connectivity index (χ3n) is 5.74. The highest BCUT2D eigenvalue weighted by Crippen LogP contribution is 2.38. The Morgan fingerprint density at radius 1 is 1.24 bits per heavy atom. The molecule has 6 nitrogen and oxygen atoms in total. The summed E-state index contributed by atoms with van der Waals surface area (Å²) in [4.78, 5) is 10.7. The average molecular weight is 417 g/mol. The highest BCUT2D eigenvalue weighted by atomic mass is 35.5. The standard InChI is InChI=1S/C21H26ClFN6/c1-20(2)9-15(10-21(3,4)29(20)5)26-18-17(23)12-25-19(28-18)27-14-7-6-13(11-24)16(22)8-14/h6-8,12,15H,9-10H2,1-5H3,(H2,25,26,27,28). The van der Waals surface area contributed by atoms with Crippen LogP contribution < -0.4 is 10.6 Å². The summed E-state index contributed by atoms with van der Waals surface area (Å²) < 4.78 is 14.4. The fourth-order valence-corrected chi connectivity index (χ4v) is 4.23. The van der Waals surface area contributed by atoms with Crippen LogP contribution in [-0.4, -0.2) is 39.0 Å². The molecule has 0 aliphatic carbocycles. The molecule has 154 valence electrons. The van der Waals surface area contributed by atoms with Crippen molar-refractivity contribution in [2.24, 2.45) is 0 Å². The molecule has 0 unspecified atom stereocenters. The number of nitrogens with zero attached hydrogens (tertiary/aromatic N) is 4. The predicted molar refractivity (Wildman–Crippen MR) is 114 cm³/mol. The summed E-state index contributed by atoms with van der Waals surface area (Å²) in [5, 5.41) is 15.6. The average Bonchev–Trinajstić information content (AvgIpc) is 2.62. The molecule has 0 radical (unpaired) electrons. The van der Waals surface area contributed by atoms with Gasteiger partial charge in [0.2, 0.25) is 5.95 Å². The summed E-state index contributed by atoms with van der Waals surface area (Å²) >= 11 is 6.07. The number of halogens is 2. The number of piperidine rings is 1.